The Morgan fingerprint density at radius 1 is 1.26 bits per heavy atom. The van der Waals surface area contributed by atoms with E-state index in [2.05, 4.69) is 4.74 Å². The zero-order chi connectivity index (χ0) is 14.4. The lowest BCUT2D eigenvalue weighted by atomic mass is 10.1. The summed E-state index contributed by atoms with van der Waals surface area (Å²) in [5, 5.41) is 0. The Labute approximate surface area is 114 Å². The second-order valence-corrected chi connectivity index (χ2v) is 4.76. The van der Waals surface area contributed by atoms with Gasteiger partial charge in [0.15, 0.2) is 0 Å². The molecule has 0 radical (unpaired) electrons. The van der Waals surface area contributed by atoms with Gasteiger partial charge in [0.25, 0.3) is 0 Å². The van der Waals surface area contributed by atoms with Gasteiger partial charge >= 0.3 is 5.97 Å². The van der Waals surface area contributed by atoms with Crippen LogP contribution in [0.5, 0.6) is 0 Å². The van der Waals surface area contributed by atoms with Crippen LogP contribution < -0.4 is 4.90 Å². The average molecular weight is 263 g/mol. The summed E-state index contributed by atoms with van der Waals surface area (Å²) >= 11 is 0. The van der Waals surface area contributed by atoms with Crippen LogP contribution in [0.2, 0.25) is 0 Å². The van der Waals surface area contributed by atoms with Gasteiger partial charge in [0.2, 0.25) is 5.91 Å². The van der Waals surface area contributed by atoms with E-state index in [-0.39, 0.29) is 24.2 Å². The minimum Gasteiger partial charge on any atom is -0.469 e. The predicted molar refractivity (Wildman–Crippen MR) is 75.0 cm³/mol. The highest BCUT2D eigenvalue weighted by Crippen LogP contribution is 2.21. The number of esters is 1. The molecule has 0 aliphatic rings. The molecule has 0 saturated carbocycles. The van der Waals surface area contributed by atoms with Crippen molar-refractivity contribution >= 4 is 17.6 Å². The van der Waals surface area contributed by atoms with Gasteiger partial charge in [-0.2, -0.15) is 0 Å². The zero-order valence-corrected chi connectivity index (χ0v) is 12.0. The van der Waals surface area contributed by atoms with Crippen LogP contribution >= 0.6 is 0 Å². The number of carbonyl (C=O) groups is 2. The van der Waals surface area contributed by atoms with Crippen LogP contribution in [0.1, 0.15) is 25.8 Å². The van der Waals surface area contributed by atoms with Crippen molar-refractivity contribution in [2.24, 2.45) is 5.92 Å². The number of benzene rings is 1. The molecule has 0 unspecified atom stereocenters. The Morgan fingerprint density at radius 3 is 2.42 bits per heavy atom. The number of anilines is 1. The monoisotopic (exact) mass is 263 g/mol. The molecule has 0 aliphatic heterocycles. The number of rotatable bonds is 5. The maximum Gasteiger partial charge on any atom is 0.307 e. The molecule has 0 aliphatic carbocycles. The Morgan fingerprint density at radius 2 is 1.89 bits per heavy atom. The van der Waals surface area contributed by atoms with E-state index in [0.717, 1.165) is 11.3 Å². The first-order valence-electron chi connectivity index (χ1n) is 6.41. The largest absolute Gasteiger partial charge is 0.469 e. The van der Waals surface area contributed by atoms with Gasteiger partial charge in [-0.25, -0.2) is 0 Å². The zero-order valence-electron chi connectivity index (χ0n) is 12.0. The normalized spacial score (nSPS) is 10.4. The Balaban J connectivity index is 2.96. The maximum atomic E-state index is 12.3. The lowest BCUT2D eigenvalue weighted by molar-refractivity contribution is -0.140. The quantitative estimate of drug-likeness (QED) is 0.767. The van der Waals surface area contributed by atoms with Crippen molar-refractivity contribution in [3.63, 3.8) is 0 Å². The van der Waals surface area contributed by atoms with Gasteiger partial charge in [-0.05, 0) is 18.6 Å². The van der Waals surface area contributed by atoms with E-state index in [4.69, 9.17) is 0 Å². The second kappa shape index (κ2) is 6.92. The number of carbonyl (C=O) groups excluding carboxylic acids is 2. The van der Waals surface area contributed by atoms with E-state index < -0.39 is 0 Å². The van der Waals surface area contributed by atoms with Crippen LogP contribution in [-0.2, 0) is 14.3 Å². The summed E-state index contributed by atoms with van der Waals surface area (Å²) in [6.07, 6.45) is 0.198. The molecule has 4 nitrogen and oxygen atoms in total. The van der Waals surface area contributed by atoms with Crippen molar-refractivity contribution in [3.8, 4) is 0 Å². The molecule has 0 atom stereocenters. The van der Waals surface area contributed by atoms with Crippen LogP contribution in [-0.4, -0.2) is 25.5 Å². The molecule has 0 bridgehead atoms. The summed E-state index contributed by atoms with van der Waals surface area (Å²) in [4.78, 5) is 25.2. The summed E-state index contributed by atoms with van der Waals surface area (Å²) in [7, 11) is 1.35. The number of para-hydroxylation sites is 1. The first kappa shape index (κ1) is 15.2. The fraction of sp³-hybridized carbons (Fsp3) is 0.467. The van der Waals surface area contributed by atoms with E-state index in [1.165, 1.54) is 7.11 Å². The summed E-state index contributed by atoms with van der Waals surface area (Å²) in [6, 6.07) is 7.67. The SMILES string of the molecule is COC(=O)CCN(C(=O)C(C)C)c1ccccc1C. The molecule has 1 aromatic rings. The van der Waals surface area contributed by atoms with Gasteiger partial charge in [0, 0.05) is 18.2 Å². The fourth-order valence-corrected chi connectivity index (χ4v) is 1.83. The van der Waals surface area contributed by atoms with Crippen LogP contribution in [0, 0.1) is 12.8 Å². The number of methoxy groups -OCH3 is 1. The van der Waals surface area contributed by atoms with E-state index >= 15 is 0 Å². The average Bonchev–Trinajstić information content (AvgIpc) is 2.40. The van der Waals surface area contributed by atoms with E-state index in [0.29, 0.717) is 6.54 Å². The van der Waals surface area contributed by atoms with Crippen molar-refractivity contribution in [2.75, 3.05) is 18.6 Å². The third-order valence-corrected chi connectivity index (χ3v) is 2.93. The molecule has 19 heavy (non-hydrogen) atoms. The summed E-state index contributed by atoms with van der Waals surface area (Å²) in [6.45, 7) is 6.00. The second-order valence-electron chi connectivity index (χ2n) is 4.76. The summed E-state index contributed by atoms with van der Waals surface area (Å²) < 4.78 is 4.63. The minimum atomic E-state index is -0.310. The predicted octanol–water partition coefficient (Wildman–Crippen LogP) is 2.55. The lowest BCUT2D eigenvalue weighted by Crippen LogP contribution is -2.36. The van der Waals surface area contributed by atoms with E-state index in [9.17, 15) is 9.59 Å². The maximum absolute atomic E-state index is 12.3. The Bertz CT molecular complexity index is 454. The molecule has 0 N–H and O–H groups in total. The molecular weight excluding hydrogens is 242 g/mol. The van der Waals surface area contributed by atoms with Crippen LogP contribution in [0.4, 0.5) is 5.69 Å². The molecular formula is C15H21NO3. The van der Waals surface area contributed by atoms with E-state index in [1.54, 1.807) is 4.90 Å². The van der Waals surface area contributed by atoms with Crippen molar-refractivity contribution in [1.82, 2.24) is 0 Å². The first-order valence-corrected chi connectivity index (χ1v) is 6.41. The van der Waals surface area contributed by atoms with Crippen LogP contribution in [0.3, 0.4) is 0 Å². The van der Waals surface area contributed by atoms with Gasteiger partial charge < -0.3 is 9.64 Å². The van der Waals surface area contributed by atoms with Gasteiger partial charge in [0.1, 0.15) is 0 Å². The molecule has 0 fully saturated rings. The molecule has 0 spiro atoms. The smallest absolute Gasteiger partial charge is 0.307 e. The molecule has 104 valence electrons. The molecule has 0 aromatic heterocycles. The van der Waals surface area contributed by atoms with E-state index in [1.807, 2.05) is 45.0 Å². The molecule has 1 rings (SSSR count). The molecule has 1 aromatic carbocycles. The number of nitrogens with zero attached hydrogens (tertiary/aromatic N) is 1. The molecule has 4 heteroatoms. The topological polar surface area (TPSA) is 46.6 Å². The van der Waals surface area contributed by atoms with Crippen LogP contribution in [0.25, 0.3) is 0 Å². The Kier molecular flexibility index (Phi) is 5.55. The molecule has 0 heterocycles. The highest BCUT2D eigenvalue weighted by Gasteiger charge is 2.21. The third-order valence-electron chi connectivity index (χ3n) is 2.93. The number of hydrogen-bond donors (Lipinski definition) is 0. The summed E-state index contributed by atoms with van der Waals surface area (Å²) in [5.41, 5.74) is 1.87. The van der Waals surface area contributed by atoms with Gasteiger partial charge in [0.05, 0.1) is 13.5 Å². The number of amides is 1. The van der Waals surface area contributed by atoms with Gasteiger partial charge in [-0.3, -0.25) is 9.59 Å². The van der Waals surface area contributed by atoms with Gasteiger partial charge in [-0.1, -0.05) is 32.0 Å². The highest BCUT2D eigenvalue weighted by atomic mass is 16.5. The lowest BCUT2D eigenvalue weighted by Gasteiger charge is -2.25. The summed E-state index contributed by atoms with van der Waals surface area (Å²) in [5.74, 6) is -0.411. The van der Waals surface area contributed by atoms with Crippen molar-refractivity contribution < 1.29 is 14.3 Å². The van der Waals surface area contributed by atoms with Crippen molar-refractivity contribution in [1.29, 1.82) is 0 Å². The Hall–Kier alpha value is -1.84. The molecule has 1 amide bonds. The number of hydrogen-bond acceptors (Lipinski definition) is 3. The highest BCUT2D eigenvalue weighted by molar-refractivity contribution is 5.95. The van der Waals surface area contributed by atoms with Gasteiger partial charge in [-0.15, -0.1) is 0 Å². The van der Waals surface area contributed by atoms with Crippen molar-refractivity contribution in [2.45, 2.75) is 27.2 Å². The fourth-order valence-electron chi connectivity index (χ4n) is 1.83. The van der Waals surface area contributed by atoms with Crippen molar-refractivity contribution in [3.05, 3.63) is 29.8 Å². The first-order chi connectivity index (χ1) is 8.97. The van der Waals surface area contributed by atoms with Crippen LogP contribution in [0.15, 0.2) is 24.3 Å². The standard InChI is InChI=1S/C15H21NO3/c1-11(2)15(18)16(10-9-14(17)19-4)13-8-6-5-7-12(13)3/h5-8,11H,9-10H2,1-4H3. The number of aryl methyl sites for hydroxylation is 1. The molecule has 0 saturated heterocycles. The minimum absolute atomic E-state index is 0.0122. The third kappa shape index (κ3) is 4.09. The number of ether oxygens (including phenoxy) is 1.